The molecule has 5 unspecified atom stereocenters. The van der Waals surface area contributed by atoms with E-state index in [4.69, 9.17) is 37.9 Å². The molecule has 10 heteroatoms. The molecule has 10 nitrogen and oxygen atoms in total. The van der Waals surface area contributed by atoms with E-state index in [2.05, 4.69) is 19.9 Å². The van der Waals surface area contributed by atoms with Crippen molar-refractivity contribution in [1.82, 2.24) is 0 Å². The number of aliphatic hydroxyl groups is 2. The minimum atomic E-state index is -0.894. The molecule has 0 aromatic heterocycles. The average molecular weight is 701 g/mol. The van der Waals surface area contributed by atoms with Crippen LogP contribution in [0, 0.1) is 18.8 Å². The third kappa shape index (κ3) is 7.40. The van der Waals surface area contributed by atoms with Crippen molar-refractivity contribution < 1.29 is 48.1 Å². The van der Waals surface area contributed by atoms with E-state index < -0.39 is 24.4 Å². The predicted molar refractivity (Wildman–Crippen MR) is 191 cm³/mol. The molecule has 2 N–H and O–H groups in total. The average Bonchev–Trinajstić information content (AvgIpc) is 3.74. The summed E-state index contributed by atoms with van der Waals surface area (Å²) in [5.41, 5.74) is 4.35. The van der Waals surface area contributed by atoms with Gasteiger partial charge in [-0.3, -0.25) is 0 Å². The highest BCUT2D eigenvalue weighted by atomic mass is 16.7. The number of benzene rings is 4. The van der Waals surface area contributed by atoms with Gasteiger partial charge in [-0.05, 0) is 109 Å². The van der Waals surface area contributed by atoms with Crippen molar-refractivity contribution in [3.63, 3.8) is 0 Å². The summed E-state index contributed by atoms with van der Waals surface area (Å²) in [7, 11) is 4.75. The van der Waals surface area contributed by atoms with Crippen LogP contribution in [0.5, 0.6) is 40.2 Å². The van der Waals surface area contributed by atoms with E-state index in [1.54, 1.807) is 45.6 Å². The van der Waals surface area contributed by atoms with Gasteiger partial charge in [-0.25, -0.2) is 0 Å². The lowest BCUT2D eigenvalue weighted by Gasteiger charge is -2.24. The van der Waals surface area contributed by atoms with Gasteiger partial charge >= 0.3 is 0 Å². The summed E-state index contributed by atoms with van der Waals surface area (Å²) in [5, 5.41) is 22.1. The highest BCUT2D eigenvalue weighted by Gasteiger charge is 2.41. The molecule has 272 valence electrons. The van der Waals surface area contributed by atoms with E-state index in [0.717, 1.165) is 16.7 Å². The molecule has 2 aliphatic heterocycles. The maximum absolute atomic E-state index is 11.1. The van der Waals surface area contributed by atoms with Crippen LogP contribution in [-0.4, -0.2) is 50.5 Å². The quantitative estimate of drug-likeness (QED) is 0.143. The summed E-state index contributed by atoms with van der Waals surface area (Å²) < 4.78 is 46.6. The molecule has 0 aliphatic carbocycles. The zero-order valence-corrected chi connectivity index (χ0v) is 30.4. The van der Waals surface area contributed by atoms with Gasteiger partial charge in [0.15, 0.2) is 34.5 Å². The number of fused-ring (bicyclic) bond motifs is 1. The third-order valence-corrected chi connectivity index (χ3v) is 10.1. The van der Waals surface area contributed by atoms with Crippen LogP contribution >= 0.6 is 0 Å². The predicted octanol–water partition coefficient (Wildman–Crippen LogP) is 7.84. The summed E-state index contributed by atoms with van der Waals surface area (Å²) in [4.78, 5) is 0. The summed E-state index contributed by atoms with van der Waals surface area (Å²) in [6, 6.07) is 22.6. The van der Waals surface area contributed by atoms with Crippen LogP contribution in [0.4, 0.5) is 0 Å². The number of aryl methyl sites for hydroxylation is 1. The van der Waals surface area contributed by atoms with E-state index in [-0.39, 0.29) is 30.8 Å². The first-order chi connectivity index (χ1) is 24.5. The van der Waals surface area contributed by atoms with E-state index in [1.807, 2.05) is 63.2 Å². The van der Waals surface area contributed by atoms with Crippen LogP contribution in [0.1, 0.15) is 79.9 Å². The number of aliphatic hydroxyl groups excluding tert-OH is 2. The topological polar surface area (TPSA) is 114 Å². The van der Waals surface area contributed by atoms with Crippen molar-refractivity contribution in [1.29, 1.82) is 0 Å². The maximum atomic E-state index is 11.1. The molecule has 4 aromatic carbocycles. The zero-order valence-electron chi connectivity index (χ0n) is 30.4. The van der Waals surface area contributed by atoms with Gasteiger partial charge in [0.05, 0.1) is 33.5 Å². The minimum absolute atomic E-state index is 0.133. The van der Waals surface area contributed by atoms with Gasteiger partial charge in [0, 0.05) is 0 Å². The van der Waals surface area contributed by atoms with Crippen molar-refractivity contribution >= 4 is 0 Å². The molecule has 4 aromatic rings. The van der Waals surface area contributed by atoms with Crippen LogP contribution in [0.2, 0.25) is 0 Å². The Labute approximate surface area is 299 Å². The molecule has 1 fully saturated rings. The minimum Gasteiger partial charge on any atom is -0.493 e. The van der Waals surface area contributed by atoms with Crippen molar-refractivity contribution in [2.45, 2.75) is 71.2 Å². The Balaban J connectivity index is 1.12. The second kappa shape index (κ2) is 15.3. The van der Waals surface area contributed by atoms with Crippen molar-refractivity contribution in [2.75, 3.05) is 28.1 Å². The fourth-order valence-electron chi connectivity index (χ4n) is 6.87. The molecule has 1 saturated heterocycles. The molecule has 6 rings (SSSR count). The lowest BCUT2D eigenvalue weighted by molar-refractivity contribution is 0.0283. The Bertz CT molecular complexity index is 1820. The Hall–Kier alpha value is -4.64. The van der Waals surface area contributed by atoms with Crippen LogP contribution in [0.15, 0.2) is 72.8 Å². The van der Waals surface area contributed by atoms with Gasteiger partial charge in [-0.15, -0.1) is 0 Å². The van der Waals surface area contributed by atoms with Gasteiger partial charge in [-0.1, -0.05) is 38.1 Å². The second-order valence-corrected chi connectivity index (χ2v) is 13.4. The molecule has 51 heavy (non-hydrogen) atoms. The molecule has 0 spiro atoms. The molecule has 8 atom stereocenters. The van der Waals surface area contributed by atoms with E-state index >= 15 is 0 Å². The fourth-order valence-corrected chi connectivity index (χ4v) is 6.87. The Morgan fingerprint density at radius 3 is 1.73 bits per heavy atom. The van der Waals surface area contributed by atoms with Gasteiger partial charge in [0.2, 0.25) is 6.79 Å². The highest BCUT2D eigenvalue weighted by Crippen LogP contribution is 2.50. The molecule has 0 bridgehead atoms. The molecule has 0 saturated carbocycles. The van der Waals surface area contributed by atoms with Gasteiger partial charge in [0.25, 0.3) is 0 Å². The largest absolute Gasteiger partial charge is 0.493 e. The monoisotopic (exact) mass is 700 g/mol. The zero-order chi connectivity index (χ0) is 36.4. The summed E-state index contributed by atoms with van der Waals surface area (Å²) in [6.45, 7) is 10.3. The summed E-state index contributed by atoms with van der Waals surface area (Å²) in [6.07, 6.45) is -3.15. The van der Waals surface area contributed by atoms with Crippen LogP contribution < -0.4 is 33.2 Å². The smallest absolute Gasteiger partial charge is 0.231 e. The number of hydrogen-bond donors (Lipinski definition) is 2. The Kier molecular flexibility index (Phi) is 10.9. The van der Waals surface area contributed by atoms with Gasteiger partial charge in [0.1, 0.15) is 30.2 Å². The van der Waals surface area contributed by atoms with E-state index in [9.17, 15) is 10.2 Å². The number of methoxy groups -OCH3 is 3. The first-order valence-electron chi connectivity index (χ1n) is 17.3. The SMILES string of the molecule is COc1ccc(C(O)C(C)Oc2ccc([C@H]3OC(c4ccc(OC(C)C(O)c5ccc6c(c5)OCO6)c(OC)c4)[C@H](C)[C@H]3C)cc2C)cc1OC. The normalized spacial score (nSPS) is 21.8. The molecular formula is C41H48O10. The van der Waals surface area contributed by atoms with Crippen LogP contribution in [0.25, 0.3) is 0 Å². The molecule has 0 radical (unpaired) electrons. The first kappa shape index (κ1) is 36.2. The lowest BCUT2D eigenvalue weighted by Crippen LogP contribution is -2.22. The van der Waals surface area contributed by atoms with Crippen molar-refractivity contribution in [3.8, 4) is 40.2 Å². The molecule has 2 heterocycles. The summed E-state index contributed by atoms with van der Waals surface area (Å²) >= 11 is 0. The Morgan fingerprint density at radius 2 is 1.10 bits per heavy atom. The summed E-state index contributed by atoms with van der Waals surface area (Å²) in [5.74, 6) is 4.63. The lowest BCUT2D eigenvalue weighted by atomic mass is 9.85. The van der Waals surface area contributed by atoms with Crippen LogP contribution in [0.3, 0.4) is 0 Å². The Morgan fingerprint density at radius 1 is 0.588 bits per heavy atom. The van der Waals surface area contributed by atoms with Crippen LogP contribution in [-0.2, 0) is 4.74 Å². The number of rotatable bonds is 13. The number of hydrogen-bond acceptors (Lipinski definition) is 10. The van der Waals surface area contributed by atoms with Gasteiger partial charge in [-0.2, -0.15) is 0 Å². The third-order valence-electron chi connectivity index (χ3n) is 10.1. The maximum Gasteiger partial charge on any atom is 0.231 e. The van der Waals surface area contributed by atoms with E-state index in [1.165, 1.54) is 0 Å². The highest BCUT2D eigenvalue weighted by molar-refractivity contribution is 5.47. The first-order valence-corrected chi connectivity index (χ1v) is 17.3. The van der Waals surface area contributed by atoms with Crippen molar-refractivity contribution in [2.24, 2.45) is 11.8 Å². The second-order valence-electron chi connectivity index (χ2n) is 13.4. The van der Waals surface area contributed by atoms with Gasteiger partial charge < -0.3 is 48.1 Å². The number of ether oxygens (including phenoxy) is 8. The fraction of sp³-hybridized carbons (Fsp3) is 0.415. The standard InChI is InChI=1S/C41H48O10/c1-22-17-29(11-13-31(22)49-25(4)38(42)27-9-14-32(44-6)35(18-27)45-7)40-23(2)24(3)41(51-40)30-12-16-34(36(20-30)46-8)50-26(5)39(43)28-10-15-33-37(19-28)48-21-47-33/h9-20,23-26,38-43H,21H2,1-8H3/t23-,24-,25?,26?,38?,39?,40+,41?/m1/s1. The molecule has 0 amide bonds. The van der Waals surface area contributed by atoms with E-state index in [0.29, 0.717) is 51.4 Å². The van der Waals surface area contributed by atoms with Crippen molar-refractivity contribution in [3.05, 3.63) is 101 Å². The molecule has 2 aliphatic rings. The molecular weight excluding hydrogens is 652 g/mol.